The van der Waals surface area contributed by atoms with E-state index in [2.05, 4.69) is 13.8 Å². The van der Waals surface area contributed by atoms with E-state index in [0.717, 1.165) is 18.9 Å². The zero-order valence-electron chi connectivity index (χ0n) is 8.32. The Morgan fingerprint density at radius 3 is 2.92 bits per heavy atom. The molecule has 0 aromatic carbocycles. The predicted octanol–water partition coefficient (Wildman–Crippen LogP) is 1.41. The summed E-state index contributed by atoms with van der Waals surface area (Å²) in [6.07, 6.45) is 1.62. The number of hydrogen-bond donors (Lipinski definition) is 1. The minimum atomic E-state index is -1.91. The molecule has 2 heterocycles. The van der Waals surface area contributed by atoms with Crippen LogP contribution in [0.1, 0.15) is 26.7 Å². The summed E-state index contributed by atoms with van der Waals surface area (Å²) in [5.74, 6) is 0. The highest BCUT2D eigenvalue weighted by molar-refractivity contribution is 6.69. The van der Waals surface area contributed by atoms with Crippen molar-refractivity contribution in [3.05, 3.63) is 0 Å². The lowest BCUT2D eigenvalue weighted by Gasteiger charge is -2.26. The second-order valence-corrected chi connectivity index (χ2v) is 8.20. The maximum absolute atomic E-state index is 9.69. The van der Waals surface area contributed by atoms with Crippen LogP contribution in [0.15, 0.2) is 0 Å². The van der Waals surface area contributed by atoms with Gasteiger partial charge in [-0.15, -0.1) is 0 Å². The smallest absolute Gasteiger partial charge is 0.341 e. The second kappa shape index (κ2) is 3.35. The third-order valence-electron chi connectivity index (χ3n) is 3.18. The van der Waals surface area contributed by atoms with Crippen LogP contribution in [0.2, 0.25) is 11.6 Å². The van der Waals surface area contributed by atoms with Gasteiger partial charge in [0.25, 0.3) is 0 Å². The van der Waals surface area contributed by atoms with E-state index in [-0.39, 0.29) is 12.2 Å². The topological polar surface area (TPSA) is 38.7 Å². The maximum Gasteiger partial charge on any atom is 0.341 e. The molecule has 3 atom stereocenters. The highest BCUT2D eigenvalue weighted by Gasteiger charge is 2.51. The van der Waals surface area contributed by atoms with E-state index >= 15 is 0 Å². The third kappa shape index (κ3) is 1.56. The Bertz CT molecular complexity index is 197. The van der Waals surface area contributed by atoms with E-state index in [1.165, 1.54) is 0 Å². The zero-order chi connectivity index (χ0) is 9.47. The second-order valence-electron chi connectivity index (χ2n) is 4.39. The van der Waals surface area contributed by atoms with E-state index in [1.54, 1.807) is 0 Å². The van der Waals surface area contributed by atoms with E-state index in [0.29, 0.717) is 12.1 Å². The predicted molar refractivity (Wildman–Crippen MR) is 51.7 cm³/mol. The van der Waals surface area contributed by atoms with Crippen LogP contribution >= 0.6 is 0 Å². The fraction of sp³-hybridized carbons (Fsp3) is 1.00. The van der Waals surface area contributed by atoms with Gasteiger partial charge in [-0.1, -0.05) is 13.8 Å². The van der Waals surface area contributed by atoms with Crippen LogP contribution in [0.3, 0.4) is 0 Å². The average molecular weight is 202 g/mol. The van der Waals surface area contributed by atoms with Crippen LogP contribution in [0.25, 0.3) is 0 Å². The molecule has 1 N–H and O–H groups in total. The summed E-state index contributed by atoms with van der Waals surface area (Å²) in [5.41, 5.74) is 0.503. The van der Waals surface area contributed by atoms with Gasteiger partial charge in [0.1, 0.15) is 0 Å². The highest BCUT2D eigenvalue weighted by atomic mass is 28.4. The Morgan fingerprint density at radius 2 is 2.23 bits per heavy atom. The SMILES string of the molecule is CC(C)[Si]12CCCC(O)C(CO1)O2. The van der Waals surface area contributed by atoms with Crippen LogP contribution in [0.4, 0.5) is 0 Å². The molecule has 3 unspecified atom stereocenters. The highest BCUT2D eigenvalue weighted by Crippen LogP contribution is 2.39. The van der Waals surface area contributed by atoms with Gasteiger partial charge >= 0.3 is 8.56 Å². The van der Waals surface area contributed by atoms with Crippen molar-refractivity contribution >= 4 is 8.56 Å². The lowest BCUT2D eigenvalue weighted by Crippen LogP contribution is -2.40. The molecule has 0 amide bonds. The summed E-state index contributed by atoms with van der Waals surface area (Å²) in [5, 5.41) is 9.69. The molecule has 3 nitrogen and oxygen atoms in total. The lowest BCUT2D eigenvalue weighted by atomic mass is 10.1. The van der Waals surface area contributed by atoms with Crippen LogP contribution in [0.5, 0.6) is 0 Å². The minimum Gasteiger partial charge on any atom is -0.391 e. The molecule has 13 heavy (non-hydrogen) atoms. The summed E-state index contributed by atoms with van der Waals surface area (Å²) in [6, 6.07) is 1.05. The zero-order valence-corrected chi connectivity index (χ0v) is 9.32. The quantitative estimate of drug-likeness (QED) is 0.653. The summed E-state index contributed by atoms with van der Waals surface area (Å²) in [7, 11) is -1.91. The average Bonchev–Trinajstić information content (AvgIpc) is 2.41. The largest absolute Gasteiger partial charge is 0.391 e. The molecule has 76 valence electrons. The summed E-state index contributed by atoms with van der Waals surface area (Å²) in [6.45, 7) is 4.96. The molecule has 0 radical (unpaired) electrons. The maximum atomic E-state index is 9.69. The van der Waals surface area contributed by atoms with Crippen molar-refractivity contribution in [2.45, 2.75) is 50.5 Å². The molecule has 0 aromatic heterocycles. The minimum absolute atomic E-state index is 0.0310. The number of aliphatic hydroxyl groups is 1. The van der Waals surface area contributed by atoms with Gasteiger partial charge in [-0.3, -0.25) is 0 Å². The fourth-order valence-electron chi connectivity index (χ4n) is 2.20. The van der Waals surface area contributed by atoms with Gasteiger partial charge < -0.3 is 14.0 Å². The Balaban J connectivity index is 2.15. The molecular formula is C9H18O3Si. The van der Waals surface area contributed by atoms with E-state index < -0.39 is 8.56 Å². The van der Waals surface area contributed by atoms with E-state index in [1.807, 2.05) is 0 Å². The third-order valence-corrected chi connectivity index (χ3v) is 7.34. The van der Waals surface area contributed by atoms with E-state index in [4.69, 9.17) is 8.85 Å². The molecule has 0 aromatic rings. The summed E-state index contributed by atoms with van der Waals surface area (Å²) < 4.78 is 11.8. The number of hydrogen-bond acceptors (Lipinski definition) is 3. The van der Waals surface area contributed by atoms with Gasteiger partial charge in [-0.25, -0.2) is 0 Å². The van der Waals surface area contributed by atoms with Crippen molar-refractivity contribution in [3.8, 4) is 0 Å². The normalized spacial score (nSPS) is 45.2. The Kier molecular flexibility index (Phi) is 2.48. The van der Waals surface area contributed by atoms with Crippen LogP contribution in [-0.4, -0.2) is 32.5 Å². The van der Waals surface area contributed by atoms with Gasteiger partial charge in [-0.2, -0.15) is 0 Å². The molecule has 0 saturated carbocycles. The monoisotopic (exact) mass is 202 g/mol. The summed E-state index contributed by atoms with van der Waals surface area (Å²) >= 11 is 0. The van der Waals surface area contributed by atoms with Crippen LogP contribution in [-0.2, 0) is 8.85 Å². The summed E-state index contributed by atoms with van der Waals surface area (Å²) in [4.78, 5) is 0. The number of fused-ring (bicyclic) bond motifs is 2. The fourth-order valence-corrected chi connectivity index (χ4v) is 5.60. The van der Waals surface area contributed by atoms with Gasteiger partial charge in [-0.05, 0) is 24.4 Å². The molecule has 0 aliphatic carbocycles. The molecule has 0 spiro atoms. The van der Waals surface area contributed by atoms with Crippen molar-refractivity contribution < 1.29 is 14.0 Å². The first-order valence-corrected chi connectivity index (χ1v) is 7.24. The Hall–Kier alpha value is 0.0969. The van der Waals surface area contributed by atoms with Gasteiger partial charge in [0.2, 0.25) is 0 Å². The van der Waals surface area contributed by atoms with Gasteiger partial charge in [0.15, 0.2) is 0 Å². The van der Waals surface area contributed by atoms with Crippen molar-refractivity contribution in [2.24, 2.45) is 0 Å². The van der Waals surface area contributed by atoms with E-state index in [9.17, 15) is 5.11 Å². The Labute approximate surface area is 80.3 Å². The number of rotatable bonds is 1. The van der Waals surface area contributed by atoms with Crippen LogP contribution < -0.4 is 0 Å². The molecule has 2 aliphatic heterocycles. The van der Waals surface area contributed by atoms with Crippen molar-refractivity contribution in [1.29, 1.82) is 0 Å². The molecule has 2 bridgehead atoms. The first-order chi connectivity index (χ1) is 6.14. The molecule has 2 saturated heterocycles. The molecular weight excluding hydrogens is 184 g/mol. The van der Waals surface area contributed by atoms with Crippen molar-refractivity contribution in [3.63, 3.8) is 0 Å². The van der Waals surface area contributed by atoms with Crippen molar-refractivity contribution in [1.82, 2.24) is 0 Å². The first-order valence-electron chi connectivity index (χ1n) is 5.14. The molecule has 2 aliphatic rings. The first kappa shape index (κ1) is 9.64. The van der Waals surface area contributed by atoms with Gasteiger partial charge in [0.05, 0.1) is 18.8 Å². The number of aliphatic hydroxyl groups excluding tert-OH is 1. The van der Waals surface area contributed by atoms with Gasteiger partial charge in [0, 0.05) is 0 Å². The lowest BCUT2D eigenvalue weighted by molar-refractivity contribution is 0.0447. The standard InChI is InChI=1S/C9H18O3Si/c1-7(2)13-5-3-4-8(10)9(12-13)6-11-13/h7-10H,3-6H2,1-2H3. The molecule has 2 fully saturated rings. The Morgan fingerprint density at radius 1 is 1.46 bits per heavy atom. The molecule has 4 heteroatoms. The van der Waals surface area contributed by atoms with Crippen molar-refractivity contribution in [2.75, 3.05) is 6.61 Å². The van der Waals surface area contributed by atoms with Crippen LogP contribution in [0, 0.1) is 0 Å². The molecule has 2 rings (SSSR count).